The predicted molar refractivity (Wildman–Crippen MR) is 97.7 cm³/mol. The zero-order valence-electron chi connectivity index (χ0n) is 14.3. The fraction of sp³-hybridized carbons (Fsp3) is 0.0588. The number of pyridine rings is 1. The van der Waals surface area contributed by atoms with Gasteiger partial charge in [-0.3, -0.25) is 30.7 Å². The normalized spacial score (nSPS) is 10.2. The molecular formula is C17H14FN7O3. The number of nitrogens with zero attached hydrogens (tertiary/aromatic N) is 4. The van der Waals surface area contributed by atoms with E-state index in [1.54, 1.807) is 24.5 Å². The van der Waals surface area contributed by atoms with Crippen LogP contribution < -0.4 is 16.2 Å². The van der Waals surface area contributed by atoms with Gasteiger partial charge in [-0.1, -0.05) is 6.07 Å². The minimum absolute atomic E-state index is 0.0256. The molecule has 0 fully saturated rings. The van der Waals surface area contributed by atoms with Crippen molar-refractivity contribution in [1.29, 1.82) is 0 Å². The molecule has 0 bridgehead atoms. The Labute approximate surface area is 158 Å². The van der Waals surface area contributed by atoms with Gasteiger partial charge in [-0.05, 0) is 35.9 Å². The van der Waals surface area contributed by atoms with Crippen LogP contribution in [0.2, 0.25) is 0 Å². The maximum atomic E-state index is 12.9. The van der Waals surface area contributed by atoms with Crippen LogP contribution in [0.3, 0.4) is 0 Å². The van der Waals surface area contributed by atoms with Crippen molar-refractivity contribution >= 4 is 23.2 Å². The van der Waals surface area contributed by atoms with Gasteiger partial charge in [0.2, 0.25) is 11.6 Å². The zero-order valence-corrected chi connectivity index (χ0v) is 14.3. The third-order valence-electron chi connectivity index (χ3n) is 3.59. The van der Waals surface area contributed by atoms with Gasteiger partial charge < -0.3 is 5.32 Å². The molecule has 1 amide bonds. The Morgan fingerprint density at radius 3 is 2.57 bits per heavy atom. The van der Waals surface area contributed by atoms with Gasteiger partial charge in [-0.15, -0.1) is 0 Å². The number of benzene rings is 1. The number of amides is 1. The molecule has 3 N–H and O–H groups in total. The summed E-state index contributed by atoms with van der Waals surface area (Å²) in [7, 11) is 0. The van der Waals surface area contributed by atoms with Crippen LogP contribution in [0.4, 0.5) is 21.7 Å². The summed E-state index contributed by atoms with van der Waals surface area (Å²) in [5.41, 5.74) is 5.22. The number of hydrazine groups is 1. The van der Waals surface area contributed by atoms with E-state index in [-0.39, 0.29) is 23.7 Å². The number of rotatable bonds is 7. The van der Waals surface area contributed by atoms with E-state index in [1.807, 2.05) is 0 Å². The van der Waals surface area contributed by atoms with Crippen LogP contribution in [-0.4, -0.2) is 25.8 Å². The van der Waals surface area contributed by atoms with Crippen LogP contribution in [-0.2, 0) is 6.54 Å². The molecule has 0 saturated heterocycles. The van der Waals surface area contributed by atoms with Gasteiger partial charge in [0.1, 0.15) is 12.1 Å². The number of nitrogens with one attached hydrogen (secondary N) is 3. The van der Waals surface area contributed by atoms with Crippen molar-refractivity contribution in [1.82, 2.24) is 20.4 Å². The molecule has 0 aliphatic rings. The number of carbonyl (C=O) groups excluding carboxylic acids is 1. The lowest BCUT2D eigenvalue weighted by atomic mass is 10.2. The van der Waals surface area contributed by atoms with Crippen LogP contribution in [0.15, 0.2) is 55.1 Å². The number of anilines is 2. The van der Waals surface area contributed by atoms with E-state index in [1.165, 1.54) is 12.1 Å². The molecule has 0 aliphatic heterocycles. The number of carbonyl (C=O) groups is 1. The first kappa shape index (κ1) is 18.6. The van der Waals surface area contributed by atoms with E-state index in [0.29, 0.717) is 0 Å². The average Bonchev–Trinajstić information content (AvgIpc) is 2.71. The highest BCUT2D eigenvalue weighted by Gasteiger charge is 2.23. The van der Waals surface area contributed by atoms with Gasteiger partial charge in [0, 0.05) is 24.5 Å². The summed E-state index contributed by atoms with van der Waals surface area (Å²) in [5.74, 6) is -1.33. The van der Waals surface area contributed by atoms with Crippen LogP contribution in [0.5, 0.6) is 0 Å². The Kier molecular flexibility index (Phi) is 5.65. The van der Waals surface area contributed by atoms with Crippen LogP contribution >= 0.6 is 0 Å². The van der Waals surface area contributed by atoms with Crippen molar-refractivity contribution in [2.24, 2.45) is 0 Å². The van der Waals surface area contributed by atoms with Gasteiger partial charge >= 0.3 is 5.69 Å². The van der Waals surface area contributed by atoms with Gasteiger partial charge in [0.25, 0.3) is 5.91 Å². The fourth-order valence-electron chi connectivity index (χ4n) is 2.25. The third-order valence-corrected chi connectivity index (χ3v) is 3.59. The number of hydrogen-bond acceptors (Lipinski definition) is 8. The van der Waals surface area contributed by atoms with E-state index in [9.17, 15) is 19.3 Å². The Balaban J connectivity index is 1.74. The molecule has 3 rings (SSSR count). The largest absolute Gasteiger partial charge is 0.360 e. The first-order valence-electron chi connectivity index (χ1n) is 7.98. The smallest absolute Gasteiger partial charge is 0.354 e. The van der Waals surface area contributed by atoms with Crippen molar-refractivity contribution in [2.45, 2.75) is 6.54 Å². The predicted octanol–water partition coefficient (Wildman–Crippen LogP) is 2.29. The van der Waals surface area contributed by atoms with E-state index >= 15 is 0 Å². The molecule has 2 aromatic heterocycles. The molecule has 0 spiro atoms. The lowest BCUT2D eigenvalue weighted by Gasteiger charge is -2.11. The van der Waals surface area contributed by atoms with Crippen LogP contribution in [0.1, 0.15) is 15.9 Å². The van der Waals surface area contributed by atoms with Gasteiger partial charge in [-0.25, -0.2) is 14.4 Å². The van der Waals surface area contributed by atoms with E-state index in [4.69, 9.17) is 0 Å². The Morgan fingerprint density at radius 2 is 1.89 bits per heavy atom. The monoisotopic (exact) mass is 383 g/mol. The Morgan fingerprint density at radius 1 is 1.14 bits per heavy atom. The first-order valence-corrected chi connectivity index (χ1v) is 7.98. The fourth-order valence-corrected chi connectivity index (χ4v) is 2.25. The van der Waals surface area contributed by atoms with E-state index in [2.05, 4.69) is 31.1 Å². The molecule has 28 heavy (non-hydrogen) atoms. The van der Waals surface area contributed by atoms with Crippen molar-refractivity contribution in [3.05, 3.63) is 82.2 Å². The number of nitro groups is 1. The van der Waals surface area contributed by atoms with Crippen LogP contribution in [0.25, 0.3) is 0 Å². The van der Waals surface area contributed by atoms with E-state index in [0.717, 1.165) is 24.0 Å². The summed E-state index contributed by atoms with van der Waals surface area (Å²) in [6, 6.07) is 8.35. The Hall–Kier alpha value is -4.15. The lowest BCUT2D eigenvalue weighted by Crippen LogP contribution is -2.30. The van der Waals surface area contributed by atoms with Crippen molar-refractivity contribution in [2.75, 3.05) is 10.7 Å². The molecule has 3 aromatic rings. The summed E-state index contributed by atoms with van der Waals surface area (Å²) in [4.78, 5) is 34.6. The molecule has 0 atom stereocenters. The topological polar surface area (TPSA) is 135 Å². The van der Waals surface area contributed by atoms with Gasteiger partial charge in [0.05, 0.1) is 4.92 Å². The highest BCUT2D eigenvalue weighted by molar-refractivity contribution is 5.95. The lowest BCUT2D eigenvalue weighted by molar-refractivity contribution is -0.383. The average molecular weight is 383 g/mol. The second-order valence-corrected chi connectivity index (χ2v) is 5.48. The van der Waals surface area contributed by atoms with Crippen molar-refractivity contribution in [3.8, 4) is 0 Å². The molecular weight excluding hydrogens is 369 g/mol. The highest BCUT2D eigenvalue weighted by Crippen LogP contribution is 2.28. The number of hydrogen-bond donors (Lipinski definition) is 3. The summed E-state index contributed by atoms with van der Waals surface area (Å²) in [5, 5.41) is 14.3. The standard InChI is InChI=1S/C17H14FN7O3/c18-13-5-3-12(4-6-13)17(26)24-23-16-14(25(27)28)15(21-10-22-16)20-9-11-2-1-7-19-8-11/h1-8,10H,9H2,(H,24,26)(H2,20,21,22,23). The minimum atomic E-state index is -0.669. The zero-order chi connectivity index (χ0) is 19.9. The molecule has 1 aromatic carbocycles. The minimum Gasteiger partial charge on any atom is -0.360 e. The summed E-state index contributed by atoms with van der Waals surface area (Å²) in [6.45, 7) is 0.257. The van der Waals surface area contributed by atoms with Gasteiger partial charge in [0.15, 0.2) is 0 Å². The molecule has 11 heteroatoms. The third kappa shape index (κ3) is 4.52. The molecule has 0 unspecified atom stereocenters. The maximum Gasteiger partial charge on any atom is 0.354 e. The van der Waals surface area contributed by atoms with Gasteiger partial charge in [-0.2, -0.15) is 0 Å². The second-order valence-electron chi connectivity index (χ2n) is 5.48. The molecule has 0 saturated carbocycles. The maximum absolute atomic E-state index is 12.9. The second kappa shape index (κ2) is 8.49. The van der Waals surface area contributed by atoms with Crippen molar-refractivity contribution in [3.63, 3.8) is 0 Å². The SMILES string of the molecule is O=C(NNc1ncnc(NCc2cccnc2)c1[N+](=O)[O-])c1ccc(F)cc1. The highest BCUT2D eigenvalue weighted by atomic mass is 19.1. The Bertz CT molecular complexity index is 984. The molecule has 2 heterocycles. The number of aromatic nitrogens is 3. The summed E-state index contributed by atoms with van der Waals surface area (Å²) in [6.07, 6.45) is 4.34. The summed E-state index contributed by atoms with van der Waals surface area (Å²) < 4.78 is 12.9. The quantitative estimate of drug-likeness (QED) is 0.418. The molecule has 0 radical (unpaired) electrons. The van der Waals surface area contributed by atoms with Crippen molar-refractivity contribution < 1.29 is 14.1 Å². The summed E-state index contributed by atoms with van der Waals surface area (Å²) >= 11 is 0. The van der Waals surface area contributed by atoms with E-state index < -0.39 is 22.3 Å². The molecule has 0 aliphatic carbocycles. The first-order chi connectivity index (χ1) is 13.5. The molecule has 142 valence electrons. The number of halogens is 1. The van der Waals surface area contributed by atoms with Crippen LogP contribution in [0, 0.1) is 15.9 Å². The molecule has 10 nitrogen and oxygen atoms in total.